The Hall–Kier alpha value is -3.52. The molecule has 15 heteroatoms. The summed E-state index contributed by atoms with van der Waals surface area (Å²) in [5, 5.41) is 1.89. The molecule has 0 unspecified atom stereocenters. The van der Waals surface area contributed by atoms with Gasteiger partial charge in [-0.05, 0) is 65.9 Å². The van der Waals surface area contributed by atoms with E-state index < -0.39 is 38.8 Å². The number of hydrogen-bond donors (Lipinski definition) is 2. The monoisotopic (exact) mass is 627 g/mol. The Kier molecular flexibility index (Phi) is 7.11. The van der Waals surface area contributed by atoms with Crippen LogP contribution in [0.15, 0.2) is 70.5 Å². The van der Waals surface area contributed by atoms with E-state index in [9.17, 15) is 36.0 Å². The maximum atomic E-state index is 13.6. The number of nitrogens with zero attached hydrogens (tertiary/aromatic N) is 1. The number of halogens is 5. The van der Waals surface area contributed by atoms with Gasteiger partial charge >= 0.3 is 6.18 Å². The lowest BCUT2D eigenvalue weighted by molar-refractivity contribution is -0.137. The van der Waals surface area contributed by atoms with Gasteiger partial charge in [0, 0.05) is 11.3 Å². The molecule has 0 spiro atoms. The summed E-state index contributed by atoms with van der Waals surface area (Å²) in [6.07, 6.45) is -4.69. The number of imide groups is 1. The van der Waals surface area contributed by atoms with Crippen molar-refractivity contribution in [2.45, 2.75) is 17.6 Å². The van der Waals surface area contributed by atoms with Crippen LogP contribution in [0.2, 0.25) is 10.0 Å². The molecule has 206 valence electrons. The van der Waals surface area contributed by atoms with Crippen molar-refractivity contribution in [2.75, 3.05) is 9.62 Å². The van der Waals surface area contributed by atoms with Crippen LogP contribution in [0.5, 0.6) is 0 Å². The molecule has 1 fully saturated rings. The quantitative estimate of drug-likeness (QED) is 0.333. The van der Waals surface area contributed by atoms with Gasteiger partial charge in [-0.1, -0.05) is 35.3 Å². The minimum atomic E-state index is -4.69. The summed E-state index contributed by atoms with van der Waals surface area (Å²) in [5.74, 6) is -1.50. The Morgan fingerprint density at radius 3 is 2.35 bits per heavy atom. The van der Waals surface area contributed by atoms with Gasteiger partial charge in [0.05, 0.1) is 43.2 Å². The van der Waals surface area contributed by atoms with E-state index in [4.69, 9.17) is 23.2 Å². The summed E-state index contributed by atoms with van der Waals surface area (Å²) in [4.78, 5) is 38.6. The molecule has 3 amide bonds. The number of sulfonamides is 1. The Balaban J connectivity index is 1.58. The fourth-order valence-electron chi connectivity index (χ4n) is 4.13. The zero-order chi connectivity index (χ0) is 29.0. The van der Waals surface area contributed by atoms with Gasteiger partial charge in [-0.3, -0.25) is 24.4 Å². The Morgan fingerprint density at radius 2 is 1.70 bits per heavy atom. The van der Waals surface area contributed by atoms with Crippen LogP contribution in [0.4, 0.5) is 29.3 Å². The molecule has 2 N–H and O–H groups in total. The van der Waals surface area contributed by atoms with Crippen LogP contribution in [-0.4, -0.2) is 25.5 Å². The van der Waals surface area contributed by atoms with E-state index in [2.05, 4.69) is 10.0 Å². The Bertz CT molecular complexity index is 1760. The number of amides is 3. The number of anilines is 2. The molecule has 0 atom stereocenters. The lowest BCUT2D eigenvalue weighted by Crippen LogP contribution is -2.26. The summed E-state index contributed by atoms with van der Waals surface area (Å²) in [7, 11) is -4.45. The first kappa shape index (κ1) is 28.0. The lowest BCUT2D eigenvalue weighted by atomic mass is 10.1. The molecule has 0 bridgehead atoms. The fourth-order valence-corrected chi connectivity index (χ4v) is 6.29. The zero-order valence-electron chi connectivity index (χ0n) is 19.7. The summed E-state index contributed by atoms with van der Waals surface area (Å²) in [6.45, 7) is -0.0334. The predicted molar refractivity (Wildman–Crippen MR) is 144 cm³/mol. The first-order chi connectivity index (χ1) is 18.7. The second-order valence-corrected chi connectivity index (χ2v) is 12.0. The van der Waals surface area contributed by atoms with Crippen LogP contribution >= 0.6 is 35.0 Å². The first-order valence-electron chi connectivity index (χ1n) is 11.1. The highest BCUT2D eigenvalue weighted by atomic mass is 35.5. The van der Waals surface area contributed by atoms with E-state index >= 15 is 0 Å². The number of rotatable bonds is 5. The van der Waals surface area contributed by atoms with Crippen molar-refractivity contribution in [3.63, 3.8) is 0 Å². The second-order valence-electron chi connectivity index (χ2n) is 8.55. The topological polar surface area (TPSA) is 113 Å². The maximum Gasteiger partial charge on any atom is 0.416 e. The largest absolute Gasteiger partial charge is 0.416 e. The van der Waals surface area contributed by atoms with E-state index in [0.29, 0.717) is 28.4 Å². The van der Waals surface area contributed by atoms with Gasteiger partial charge in [0.2, 0.25) is 0 Å². The van der Waals surface area contributed by atoms with Crippen LogP contribution in [0, 0.1) is 0 Å². The van der Waals surface area contributed by atoms with Gasteiger partial charge in [-0.25, -0.2) is 8.42 Å². The number of benzene rings is 3. The highest BCUT2D eigenvalue weighted by molar-refractivity contribution is 8.18. The molecule has 3 aromatic rings. The van der Waals surface area contributed by atoms with Gasteiger partial charge in [0.25, 0.3) is 27.1 Å². The molecule has 2 aliphatic heterocycles. The minimum absolute atomic E-state index is 0.0334. The number of nitrogens with one attached hydrogen (secondary N) is 2. The van der Waals surface area contributed by atoms with Crippen molar-refractivity contribution in [1.82, 2.24) is 5.32 Å². The average Bonchev–Trinajstić information content (AvgIpc) is 3.34. The number of thioether (sulfide) groups is 1. The molecular weight excluding hydrogens is 614 g/mol. The predicted octanol–water partition coefficient (Wildman–Crippen LogP) is 6.05. The average molecular weight is 628 g/mol. The number of carbonyl (C=O) groups is 3. The SMILES string of the molecule is O=C1NC(=O)/C(=C2\C(=O)N(Cc3ccc(Cl)c(Cl)c3)c3ccc(S(=O)(=O)Nc4cccc(C(F)(F)F)c4)cc32)S1. The first-order valence-corrected chi connectivity index (χ1v) is 14.2. The molecule has 5 rings (SSSR count). The zero-order valence-corrected chi connectivity index (χ0v) is 22.8. The van der Waals surface area contributed by atoms with Crippen molar-refractivity contribution < 1.29 is 36.0 Å². The molecule has 2 aliphatic rings. The molecule has 2 heterocycles. The van der Waals surface area contributed by atoms with Crippen LogP contribution < -0.4 is 14.9 Å². The highest BCUT2D eigenvalue weighted by Crippen LogP contribution is 2.44. The molecular formula is C25H14Cl2F3N3O5S2. The van der Waals surface area contributed by atoms with Crippen molar-refractivity contribution >= 4 is 79.0 Å². The van der Waals surface area contributed by atoms with E-state index in [-0.39, 0.29) is 43.9 Å². The minimum Gasteiger partial charge on any atom is -0.303 e. The molecule has 8 nitrogen and oxygen atoms in total. The van der Waals surface area contributed by atoms with Crippen molar-refractivity contribution in [2.24, 2.45) is 0 Å². The number of hydrogen-bond acceptors (Lipinski definition) is 6. The smallest absolute Gasteiger partial charge is 0.303 e. The maximum absolute atomic E-state index is 13.6. The van der Waals surface area contributed by atoms with E-state index in [1.807, 2.05) is 0 Å². The Labute approximate surface area is 239 Å². The van der Waals surface area contributed by atoms with E-state index in [1.54, 1.807) is 12.1 Å². The molecule has 0 saturated carbocycles. The van der Waals surface area contributed by atoms with Gasteiger partial charge in [0.1, 0.15) is 0 Å². The third-order valence-electron chi connectivity index (χ3n) is 5.91. The molecule has 3 aromatic carbocycles. The molecule has 0 aromatic heterocycles. The van der Waals surface area contributed by atoms with Gasteiger partial charge in [0.15, 0.2) is 0 Å². The van der Waals surface area contributed by atoms with E-state index in [0.717, 1.165) is 24.3 Å². The summed E-state index contributed by atoms with van der Waals surface area (Å²) >= 11 is 12.6. The number of carbonyl (C=O) groups excluding carboxylic acids is 3. The second kappa shape index (κ2) is 10.1. The Morgan fingerprint density at radius 1 is 0.950 bits per heavy atom. The third kappa shape index (κ3) is 5.29. The normalized spacial score (nSPS) is 17.3. The number of fused-ring (bicyclic) bond motifs is 1. The highest BCUT2D eigenvalue weighted by Gasteiger charge is 2.41. The lowest BCUT2D eigenvalue weighted by Gasteiger charge is -2.18. The van der Waals surface area contributed by atoms with Crippen molar-refractivity contribution in [3.05, 3.63) is 92.3 Å². The third-order valence-corrected chi connectivity index (χ3v) is 8.91. The molecule has 1 saturated heterocycles. The van der Waals surface area contributed by atoms with Crippen molar-refractivity contribution in [1.29, 1.82) is 0 Å². The van der Waals surface area contributed by atoms with Crippen molar-refractivity contribution in [3.8, 4) is 0 Å². The van der Waals surface area contributed by atoms with Gasteiger partial charge in [-0.2, -0.15) is 13.2 Å². The van der Waals surface area contributed by atoms with Gasteiger partial charge in [-0.15, -0.1) is 0 Å². The molecule has 0 aliphatic carbocycles. The molecule has 0 radical (unpaired) electrons. The van der Waals surface area contributed by atoms with Crippen LogP contribution in [-0.2, 0) is 32.3 Å². The summed E-state index contributed by atoms with van der Waals surface area (Å²) < 4.78 is 67.7. The molecule has 40 heavy (non-hydrogen) atoms. The van der Waals surface area contributed by atoms with E-state index in [1.165, 1.54) is 23.1 Å². The fraction of sp³-hybridized carbons (Fsp3) is 0.0800. The number of alkyl halides is 3. The van der Waals surface area contributed by atoms with Crippen LogP contribution in [0.1, 0.15) is 16.7 Å². The summed E-state index contributed by atoms with van der Waals surface area (Å²) in [5.41, 5.74) is -0.718. The van der Waals surface area contributed by atoms with Crippen LogP contribution in [0.25, 0.3) is 5.57 Å². The van der Waals surface area contributed by atoms with Gasteiger partial charge < -0.3 is 4.90 Å². The summed E-state index contributed by atoms with van der Waals surface area (Å²) in [6, 6.07) is 12.0. The van der Waals surface area contributed by atoms with Crippen LogP contribution in [0.3, 0.4) is 0 Å². The standard InChI is InChI=1S/C25H14Cl2F3N3O5S2/c26-17-6-4-12(8-18(17)27)11-33-19-7-5-15(10-16(19)20(23(33)35)21-22(34)31-24(36)39-21)40(37,38)32-14-3-1-2-13(9-14)25(28,29)30/h1-10,32H,11H2,(H,31,34,36)/b21-20+.